The smallest absolute Gasteiger partial charge is 0.414 e. The minimum absolute atomic E-state index is 0.0989. The topological polar surface area (TPSA) is 67.9 Å². The summed E-state index contributed by atoms with van der Waals surface area (Å²) in [6.07, 6.45) is -0.345. The third-order valence-electron chi connectivity index (χ3n) is 2.66. The molecule has 0 spiro atoms. The Morgan fingerprint density at radius 1 is 1.53 bits per heavy atom. The molecule has 1 saturated heterocycles. The molecule has 0 radical (unpaired) electrons. The summed E-state index contributed by atoms with van der Waals surface area (Å²) in [7, 11) is 0. The Morgan fingerprint density at radius 3 is 3.05 bits per heavy atom. The summed E-state index contributed by atoms with van der Waals surface area (Å²) in [6.45, 7) is 3.17. The zero-order valence-electron chi connectivity index (χ0n) is 10.7. The van der Waals surface area contributed by atoms with Gasteiger partial charge in [-0.2, -0.15) is 0 Å². The maximum atomic E-state index is 11.4. The van der Waals surface area contributed by atoms with Crippen molar-refractivity contribution in [2.24, 2.45) is 0 Å². The number of carbonyl (C=O) groups excluding carboxylic acids is 2. The van der Waals surface area contributed by atoms with Gasteiger partial charge in [-0.15, -0.1) is 0 Å². The lowest BCUT2D eigenvalue weighted by Gasteiger charge is -2.14. The van der Waals surface area contributed by atoms with Crippen LogP contribution < -0.4 is 10.2 Å². The number of carbonyl (C=O) groups is 2. The van der Waals surface area contributed by atoms with Crippen LogP contribution in [0.3, 0.4) is 0 Å². The minimum Gasteiger partial charge on any atom is -0.465 e. The average Bonchev–Trinajstić information content (AvgIpc) is 2.83. The van der Waals surface area contributed by atoms with Crippen LogP contribution in [0.1, 0.15) is 6.92 Å². The van der Waals surface area contributed by atoms with Gasteiger partial charge in [0, 0.05) is 11.4 Å². The Hall–Kier alpha value is -2.24. The first-order valence-electron chi connectivity index (χ1n) is 6.14. The van der Waals surface area contributed by atoms with E-state index in [0.717, 1.165) is 11.4 Å². The van der Waals surface area contributed by atoms with Crippen molar-refractivity contribution in [2.45, 2.75) is 6.92 Å². The van der Waals surface area contributed by atoms with Crippen molar-refractivity contribution in [3.8, 4) is 0 Å². The molecule has 1 aliphatic heterocycles. The first-order chi connectivity index (χ1) is 9.20. The molecule has 1 aromatic rings. The van der Waals surface area contributed by atoms with Crippen LogP contribution >= 0.6 is 0 Å². The molecule has 2 rings (SSSR count). The highest BCUT2D eigenvalue weighted by Crippen LogP contribution is 2.22. The summed E-state index contributed by atoms with van der Waals surface area (Å²) in [5.41, 5.74) is 1.50. The normalized spacial score (nSPS) is 14.2. The summed E-state index contributed by atoms with van der Waals surface area (Å²) >= 11 is 0. The van der Waals surface area contributed by atoms with Gasteiger partial charge in [0.25, 0.3) is 0 Å². The first-order valence-corrected chi connectivity index (χ1v) is 6.14. The SMILES string of the molecule is CCOC(=O)CNc1cccc(N2CCOC2=O)c1. The molecule has 102 valence electrons. The highest BCUT2D eigenvalue weighted by molar-refractivity contribution is 5.90. The van der Waals surface area contributed by atoms with Crippen LogP contribution in [0.4, 0.5) is 16.2 Å². The summed E-state index contributed by atoms with van der Waals surface area (Å²) in [5.74, 6) is -0.312. The fourth-order valence-electron chi connectivity index (χ4n) is 1.80. The predicted molar refractivity (Wildman–Crippen MR) is 70.3 cm³/mol. The molecule has 6 nitrogen and oxygen atoms in total. The van der Waals surface area contributed by atoms with Gasteiger partial charge in [0.1, 0.15) is 13.2 Å². The second-order valence-corrected chi connectivity index (χ2v) is 3.97. The minimum atomic E-state index is -0.345. The molecule has 0 saturated carbocycles. The lowest BCUT2D eigenvalue weighted by molar-refractivity contribution is -0.140. The van der Waals surface area contributed by atoms with Crippen LogP contribution in [0, 0.1) is 0 Å². The molecule has 1 aliphatic rings. The van der Waals surface area contributed by atoms with E-state index in [2.05, 4.69) is 5.32 Å². The van der Waals surface area contributed by atoms with E-state index in [1.54, 1.807) is 17.9 Å². The number of anilines is 2. The largest absolute Gasteiger partial charge is 0.465 e. The molecule has 1 heterocycles. The zero-order chi connectivity index (χ0) is 13.7. The van der Waals surface area contributed by atoms with Crippen molar-refractivity contribution >= 4 is 23.4 Å². The summed E-state index contributed by atoms with van der Waals surface area (Å²) in [4.78, 5) is 24.2. The lowest BCUT2D eigenvalue weighted by Crippen LogP contribution is -2.23. The Morgan fingerprint density at radius 2 is 2.37 bits per heavy atom. The van der Waals surface area contributed by atoms with Gasteiger partial charge in [-0.3, -0.25) is 9.69 Å². The molecule has 0 atom stereocenters. The molecule has 19 heavy (non-hydrogen) atoms. The van der Waals surface area contributed by atoms with E-state index >= 15 is 0 Å². The molecule has 0 bridgehead atoms. The van der Waals surface area contributed by atoms with Gasteiger partial charge in [-0.1, -0.05) is 6.07 Å². The average molecular weight is 264 g/mol. The standard InChI is InChI=1S/C13H16N2O4/c1-2-18-12(16)9-14-10-4-3-5-11(8-10)15-6-7-19-13(15)17/h3-5,8,14H,2,6-7,9H2,1H3. The summed E-state index contributed by atoms with van der Waals surface area (Å²) in [5, 5.41) is 2.95. The Kier molecular flexibility index (Phi) is 4.22. The number of hydrogen-bond donors (Lipinski definition) is 1. The van der Waals surface area contributed by atoms with Gasteiger partial charge < -0.3 is 14.8 Å². The van der Waals surface area contributed by atoms with E-state index < -0.39 is 0 Å². The molecule has 0 unspecified atom stereocenters. The van der Waals surface area contributed by atoms with Gasteiger partial charge >= 0.3 is 12.1 Å². The van der Waals surface area contributed by atoms with E-state index in [1.165, 1.54) is 0 Å². The van der Waals surface area contributed by atoms with Gasteiger partial charge in [0.2, 0.25) is 0 Å². The van der Waals surface area contributed by atoms with Crippen molar-refractivity contribution in [2.75, 3.05) is 36.5 Å². The highest BCUT2D eigenvalue weighted by atomic mass is 16.6. The van der Waals surface area contributed by atoms with E-state index in [1.807, 2.05) is 18.2 Å². The molecular weight excluding hydrogens is 248 g/mol. The number of nitrogens with zero attached hydrogens (tertiary/aromatic N) is 1. The Labute approximate surface area is 111 Å². The van der Waals surface area contributed by atoms with Crippen LogP contribution in [0.25, 0.3) is 0 Å². The number of hydrogen-bond acceptors (Lipinski definition) is 5. The highest BCUT2D eigenvalue weighted by Gasteiger charge is 2.23. The second kappa shape index (κ2) is 6.08. The second-order valence-electron chi connectivity index (χ2n) is 3.97. The quantitative estimate of drug-likeness (QED) is 0.818. The zero-order valence-corrected chi connectivity index (χ0v) is 10.7. The molecule has 1 fully saturated rings. The molecule has 0 aliphatic carbocycles. The summed E-state index contributed by atoms with van der Waals surface area (Å²) < 4.78 is 9.71. The number of rotatable bonds is 5. The monoisotopic (exact) mass is 264 g/mol. The molecule has 1 amide bonds. The number of esters is 1. The van der Waals surface area contributed by atoms with E-state index in [0.29, 0.717) is 19.8 Å². The van der Waals surface area contributed by atoms with E-state index in [-0.39, 0.29) is 18.6 Å². The predicted octanol–water partition coefficient (Wildman–Crippen LogP) is 1.62. The van der Waals surface area contributed by atoms with Gasteiger partial charge in [-0.05, 0) is 25.1 Å². The maximum absolute atomic E-state index is 11.4. The van der Waals surface area contributed by atoms with Crippen LogP contribution in [-0.2, 0) is 14.3 Å². The molecule has 0 aromatic heterocycles. The van der Waals surface area contributed by atoms with E-state index in [4.69, 9.17) is 9.47 Å². The first kappa shape index (κ1) is 13.2. The van der Waals surface area contributed by atoms with Crippen molar-refractivity contribution < 1.29 is 19.1 Å². The molecule has 1 aromatic carbocycles. The number of nitrogens with one attached hydrogen (secondary N) is 1. The molecular formula is C13H16N2O4. The van der Waals surface area contributed by atoms with Gasteiger partial charge in [0.05, 0.1) is 13.2 Å². The third-order valence-corrected chi connectivity index (χ3v) is 2.66. The number of ether oxygens (including phenoxy) is 2. The number of cyclic esters (lactones) is 1. The van der Waals surface area contributed by atoms with Crippen LogP contribution in [0.5, 0.6) is 0 Å². The van der Waals surface area contributed by atoms with Crippen LogP contribution in [0.15, 0.2) is 24.3 Å². The van der Waals surface area contributed by atoms with Gasteiger partial charge in [0.15, 0.2) is 0 Å². The number of benzene rings is 1. The van der Waals surface area contributed by atoms with Crippen LogP contribution in [0.2, 0.25) is 0 Å². The summed E-state index contributed by atoms with van der Waals surface area (Å²) in [6, 6.07) is 7.26. The Bertz CT molecular complexity index is 475. The molecule has 6 heteroatoms. The van der Waals surface area contributed by atoms with Crippen LogP contribution in [-0.4, -0.2) is 38.4 Å². The van der Waals surface area contributed by atoms with Crippen molar-refractivity contribution in [3.05, 3.63) is 24.3 Å². The third kappa shape index (κ3) is 3.37. The Balaban J connectivity index is 1.99. The van der Waals surface area contributed by atoms with Crippen molar-refractivity contribution in [1.82, 2.24) is 0 Å². The molecule has 1 N–H and O–H groups in total. The fraction of sp³-hybridized carbons (Fsp3) is 0.385. The van der Waals surface area contributed by atoms with Crippen molar-refractivity contribution in [1.29, 1.82) is 0 Å². The lowest BCUT2D eigenvalue weighted by atomic mass is 10.2. The fourth-order valence-corrected chi connectivity index (χ4v) is 1.80. The van der Waals surface area contributed by atoms with Gasteiger partial charge in [-0.25, -0.2) is 4.79 Å². The maximum Gasteiger partial charge on any atom is 0.414 e. The number of amides is 1. The van der Waals surface area contributed by atoms with E-state index in [9.17, 15) is 9.59 Å². The van der Waals surface area contributed by atoms with Crippen molar-refractivity contribution in [3.63, 3.8) is 0 Å².